The summed E-state index contributed by atoms with van der Waals surface area (Å²) in [5.74, 6) is -1.62. The zero-order valence-corrected chi connectivity index (χ0v) is 15.0. The Morgan fingerprint density at radius 1 is 1.04 bits per heavy atom. The van der Waals surface area contributed by atoms with Gasteiger partial charge in [-0.3, -0.25) is 0 Å². The Labute approximate surface area is 158 Å². The van der Waals surface area contributed by atoms with Crippen LogP contribution < -0.4 is 5.32 Å². The van der Waals surface area contributed by atoms with Crippen LogP contribution in [0.5, 0.6) is 0 Å². The molecule has 1 aliphatic heterocycles. The van der Waals surface area contributed by atoms with E-state index in [4.69, 9.17) is 0 Å². The van der Waals surface area contributed by atoms with Gasteiger partial charge >= 0.3 is 6.18 Å². The normalized spacial score (nSPS) is 16.4. The molecule has 0 saturated carbocycles. The fraction of sp³-hybridized carbons (Fsp3) is 0.200. The SMILES string of the molecule is Cc1ccc(C)c(C2C=C(c3ccc(F)cc3)Nc3nc(C(F)(F)F)nn32)c1. The van der Waals surface area contributed by atoms with Gasteiger partial charge < -0.3 is 5.32 Å². The van der Waals surface area contributed by atoms with E-state index in [0.29, 0.717) is 11.3 Å². The molecule has 1 unspecified atom stereocenters. The molecule has 0 radical (unpaired) electrons. The molecule has 3 aromatic rings. The number of fused-ring (bicyclic) bond motifs is 1. The van der Waals surface area contributed by atoms with Crippen LogP contribution in [-0.4, -0.2) is 14.8 Å². The quantitative estimate of drug-likeness (QED) is 0.621. The predicted molar refractivity (Wildman–Crippen MR) is 97.1 cm³/mol. The van der Waals surface area contributed by atoms with Gasteiger partial charge in [-0.25, -0.2) is 9.07 Å². The molecule has 0 bridgehead atoms. The first-order valence-corrected chi connectivity index (χ1v) is 8.58. The first-order valence-electron chi connectivity index (χ1n) is 8.58. The van der Waals surface area contributed by atoms with Gasteiger partial charge in [0.1, 0.15) is 11.9 Å². The fourth-order valence-electron chi connectivity index (χ4n) is 3.21. The summed E-state index contributed by atoms with van der Waals surface area (Å²) in [4.78, 5) is 3.64. The highest BCUT2D eigenvalue weighted by atomic mass is 19.4. The number of alkyl halides is 3. The average Bonchev–Trinajstić information content (AvgIpc) is 3.08. The number of benzene rings is 2. The van der Waals surface area contributed by atoms with Crippen molar-refractivity contribution in [2.24, 2.45) is 0 Å². The van der Waals surface area contributed by atoms with Gasteiger partial charge in [0.05, 0.1) is 0 Å². The number of allylic oxidation sites excluding steroid dienone is 1. The van der Waals surface area contributed by atoms with Crippen molar-refractivity contribution in [1.82, 2.24) is 14.8 Å². The third-order valence-corrected chi connectivity index (χ3v) is 4.63. The van der Waals surface area contributed by atoms with E-state index in [1.54, 1.807) is 18.2 Å². The van der Waals surface area contributed by atoms with Gasteiger partial charge in [0.15, 0.2) is 0 Å². The monoisotopic (exact) mass is 388 g/mol. The first-order chi connectivity index (χ1) is 13.2. The lowest BCUT2D eigenvalue weighted by Crippen LogP contribution is -2.21. The first kappa shape index (κ1) is 18.2. The van der Waals surface area contributed by atoms with Crippen molar-refractivity contribution in [2.45, 2.75) is 26.1 Å². The third-order valence-electron chi connectivity index (χ3n) is 4.63. The molecule has 8 heteroatoms. The summed E-state index contributed by atoms with van der Waals surface area (Å²) >= 11 is 0. The summed E-state index contributed by atoms with van der Waals surface area (Å²) in [7, 11) is 0. The molecule has 2 heterocycles. The highest BCUT2D eigenvalue weighted by Gasteiger charge is 2.39. The lowest BCUT2D eigenvalue weighted by Gasteiger charge is -2.25. The maximum atomic E-state index is 13.3. The van der Waals surface area contributed by atoms with E-state index >= 15 is 0 Å². The predicted octanol–water partition coefficient (Wildman–Crippen LogP) is 5.11. The molecule has 0 aliphatic carbocycles. The van der Waals surface area contributed by atoms with Crippen LogP contribution in [0.15, 0.2) is 48.5 Å². The molecule has 1 atom stereocenters. The zero-order valence-electron chi connectivity index (χ0n) is 15.0. The van der Waals surface area contributed by atoms with Crippen molar-refractivity contribution in [3.8, 4) is 0 Å². The Morgan fingerprint density at radius 3 is 2.43 bits per heavy atom. The number of aryl methyl sites for hydroxylation is 2. The van der Waals surface area contributed by atoms with E-state index in [1.165, 1.54) is 16.8 Å². The molecular formula is C20H16F4N4. The lowest BCUT2D eigenvalue weighted by atomic mass is 9.96. The lowest BCUT2D eigenvalue weighted by molar-refractivity contribution is -0.145. The van der Waals surface area contributed by atoms with Gasteiger partial charge in [0.2, 0.25) is 5.95 Å². The van der Waals surface area contributed by atoms with Crippen molar-refractivity contribution in [1.29, 1.82) is 0 Å². The van der Waals surface area contributed by atoms with Gasteiger partial charge in [-0.05, 0) is 60.9 Å². The van der Waals surface area contributed by atoms with Gasteiger partial charge in [-0.15, -0.1) is 5.10 Å². The molecule has 0 fully saturated rings. The maximum Gasteiger partial charge on any atom is 0.453 e. The maximum absolute atomic E-state index is 13.3. The van der Waals surface area contributed by atoms with Crippen LogP contribution in [0.4, 0.5) is 23.5 Å². The minimum absolute atomic E-state index is 0.0138. The Morgan fingerprint density at radius 2 is 1.75 bits per heavy atom. The van der Waals surface area contributed by atoms with Crippen LogP contribution >= 0.6 is 0 Å². The number of hydrogen-bond donors (Lipinski definition) is 1. The number of anilines is 1. The molecule has 1 aromatic heterocycles. The fourth-order valence-corrected chi connectivity index (χ4v) is 3.21. The Bertz CT molecular complexity index is 1060. The Hall–Kier alpha value is -3.16. The van der Waals surface area contributed by atoms with Gasteiger partial charge in [0, 0.05) is 5.70 Å². The molecule has 2 aromatic carbocycles. The van der Waals surface area contributed by atoms with E-state index in [-0.39, 0.29) is 5.95 Å². The summed E-state index contributed by atoms with van der Waals surface area (Å²) in [5.41, 5.74) is 3.90. The minimum atomic E-state index is -4.66. The molecule has 1 N–H and O–H groups in total. The molecule has 4 nitrogen and oxygen atoms in total. The Balaban J connectivity index is 1.88. The molecular weight excluding hydrogens is 372 g/mol. The summed E-state index contributed by atoms with van der Waals surface area (Å²) < 4.78 is 54.1. The number of halogens is 4. The van der Waals surface area contributed by atoms with Crippen LogP contribution in [-0.2, 0) is 6.18 Å². The topological polar surface area (TPSA) is 42.7 Å². The molecule has 1 aliphatic rings. The smallest absolute Gasteiger partial charge is 0.324 e. The minimum Gasteiger partial charge on any atom is -0.324 e. The number of nitrogens with one attached hydrogen (secondary N) is 1. The Kier molecular flexibility index (Phi) is 4.21. The van der Waals surface area contributed by atoms with Crippen molar-refractivity contribution in [2.75, 3.05) is 5.32 Å². The highest BCUT2D eigenvalue weighted by molar-refractivity contribution is 5.77. The standard InChI is InChI=1S/C20H16F4N4/c1-11-3-4-12(2)15(9-11)17-10-16(13-5-7-14(21)8-6-13)25-19-26-18(20(22,23)24)27-28(17)19/h3-10,17H,1-2H3,(H,25,26,27). The van der Waals surface area contributed by atoms with Crippen molar-refractivity contribution < 1.29 is 17.6 Å². The molecule has 144 valence electrons. The third kappa shape index (κ3) is 3.26. The van der Waals surface area contributed by atoms with Crippen LogP contribution in [0.1, 0.15) is 34.1 Å². The second kappa shape index (κ2) is 6.47. The van der Waals surface area contributed by atoms with E-state index in [2.05, 4.69) is 15.4 Å². The van der Waals surface area contributed by atoms with E-state index in [9.17, 15) is 17.6 Å². The summed E-state index contributed by atoms with van der Waals surface area (Å²) in [6, 6.07) is 10.9. The second-order valence-electron chi connectivity index (χ2n) is 6.72. The number of hydrogen-bond acceptors (Lipinski definition) is 3. The van der Waals surface area contributed by atoms with Crippen molar-refractivity contribution in [3.05, 3.63) is 82.4 Å². The summed E-state index contributed by atoms with van der Waals surface area (Å²) in [5, 5.41) is 6.59. The van der Waals surface area contributed by atoms with Gasteiger partial charge in [-0.1, -0.05) is 23.8 Å². The largest absolute Gasteiger partial charge is 0.453 e. The zero-order chi connectivity index (χ0) is 20.1. The highest BCUT2D eigenvalue weighted by Crippen LogP contribution is 2.36. The van der Waals surface area contributed by atoms with Crippen molar-refractivity contribution in [3.63, 3.8) is 0 Å². The van der Waals surface area contributed by atoms with E-state index in [0.717, 1.165) is 16.7 Å². The number of nitrogens with zero attached hydrogens (tertiary/aromatic N) is 3. The van der Waals surface area contributed by atoms with Crippen LogP contribution in [0.2, 0.25) is 0 Å². The second-order valence-corrected chi connectivity index (χ2v) is 6.72. The summed E-state index contributed by atoms with van der Waals surface area (Å²) in [6.07, 6.45) is -2.88. The molecule has 4 rings (SSSR count). The summed E-state index contributed by atoms with van der Waals surface area (Å²) in [6.45, 7) is 3.81. The van der Waals surface area contributed by atoms with E-state index < -0.39 is 23.9 Å². The molecule has 28 heavy (non-hydrogen) atoms. The number of rotatable bonds is 2. The van der Waals surface area contributed by atoms with Crippen LogP contribution in [0, 0.1) is 19.7 Å². The number of aromatic nitrogens is 3. The molecule has 0 amide bonds. The van der Waals surface area contributed by atoms with Crippen LogP contribution in [0.25, 0.3) is 5.70 Å². The van der Waals surface area contributed by atoms with Gasteiger partial charge in [0.25, 0.3) is 5.82 Å². The van der Waals surface area contributed by atoms with Crippen LogP contribution in [0.3, 0.4) is 0 Å². The van der Waals surface area contributed by atoms with Gasteiger partial charge in [-0.2, -0.15) is 18.2 Å². The van der Waals surface area contributed by atoms with E-state index in [1.807, 2.05) is 32.0 Å². The average molecular weight is 388 g/mol. The van der Waals surface area contributed by atoms with Crippen molar-refractivity contribution >= 4 is 11.6 Å². The molecule has 0 spiro atoms. The molecule has 0 saturated heterocycles.